The van der Waals surface area contributed by atoms with Gasteiger partial charge in [0.1, 0.15) is 5.82 Å². The normalized spacial score (nSPS) is 10.9. The van der Waals surface area contributed by atoms with Gasteiger partial charge in [0, 0.05) is 29.7 Å². The van der Waals surface area contributed by atoms with E-state index in [0.29, 0.717) is 5.11 Å². The molecule has 0 saturated carbocycles. The summed E-state index contributed by atoms with van der Waals surface area (Å²) in [4.78, 5) is 4.45. The highest BCUT2D eigenvalue weighted by Gasteiger charge is 2.10. The van der Waals surface area contributed by atoms with Crippen molar-refractivity contribution >= 4 is 23.5 Å². The van der Waals surface area contributed by atoms with Crippen molar-refractivity contribution in [1.82, 2.24) is 20.3 Å². The Kier molecular flexibility index (Phi) is 5.27. The molecule has 2 aromatic rings. The summed E-state index contributed by atoms with van der Waals surface area (Å²) in [6.45, 7) is 8.94. The van der Waals surface area contributed by atoms with E-state index in [1.165, 1.54) is 5.56 Å². The topological polar surface area (TPSA) is 54.2 Å². The van der Waals surface area contributed by atoms with E-state index in [-0.39, 0.29) is 0 Å². The molecule has 0 unspecified atom stereocenters. The average Bonchev–Trinajstić information content (AvgIpc) is 2.74. The maximum atomic E-state index is 5.07. The van der Waals surface area contributed by atoms with E-state index in [2.05, 4.69) is 58.3 Å². The van der Waals surface area contributed by atoms with Crippen LogP contribution in [-0.4, -0.2) is 27.4 Å². The Labute approximate surface area is 136 Å². The Bertz CT molecular complexity index is 703. The van der Waals surface area contributed by atoms with E-state index in [1.54, 1.807) is 6.21 Å². The molecule has 0 fully saturated rings. The van der Waals surface area contributed by atoms with Crippen molar-refractivity contribution in [2.45, 2.75) is 27.7 Å². The van der Waals surface area contributed by atoms with Crippen LogP contribution in [-0.2, 0) is 0 Å². The molecule has 0 amide bonds. The lowest BCUT2D eigenvalue weighted by Crippen LogP contribution is -2.31. The fraction of sp³-hybridized carbons (Fsp3) is 0.312. The van der Waals surface area contributed by atoms with Crippen molar-refractivity contribution in [3.05, 3.63) is 46.9 Å². The highest BCUT2D eigenvalue weighted by molar-refractivity contribution is 7.80. The molecule has 0 aliphatic heterocycles. The number of pyridine rings is 1. The number of nitrogens with zero attached hydrogens (tertiary/aromatic N) is 3. The first-order valence-corrected chi connectivity index (χ1v) is 7.62. The largest absolute Gasteiger partial charge is 0.362 e. The molecule has 6 heteroatoms. The van der Waals surface area contributed by atoms with Crippen molar-refractivity contribution in [3.8, 4) is 5.82 Å². The second-order valence-electron chi connectivity index (χ2n) is 5.08. The minimum atomic E-state index is 0.521. The van der Waals surface area contributed by atoms with Crippen molar-refractivity contribution in [1.29, 1.82) is 0 Å². The lowest BCUT2D eigenvalue weighted by atomic mass is 10.2. The van der Waals surface area contributed by atoms with Gasteiger partial charge in [0.25, 0.3) is 0 Å². The zero-order chi connectivity index (χ0) is 16.1. The van der Waals surface area contributed by atoms with Crippen LogP contribution in [0, 0.1) is 20.8 Å². The SMILES string of the molecule is CCNC(=S)N/N=C\c1cc(C)n(-c2cc(C)ccn2)c1C. The average molecular weight is 315 g/mol. The summed E-state index contributed by atoms with van der Waals surface area (Å²) >= 11 is 5.07. The molecule has 0 aliphatic carbocycles. The molecule has 0 bridgehead atoms. The van der Waals surface area contributed by atoms with Gasteiger partial charge in [-0.2, -0.15) is 5.10 Å². The number of thiocarbonyl (C=S) groups is 1. The Morgan fingerprint density at radius 1 is 1.36 bits per heavy atom. The minimum Gasteiger partial charge on any atom is -0.362 e. The molecule has 0 aliphatic rings. The van der Waals surface area contributed by atoms with Gasteiger partial charge in [-0.05, 0) is 63.7 Å². The van der Waals surface area contributed by atoms with Crippen molar-refractivity contribution in [2.24, 2.45) is 5.10 Å². The summed E-state index contributed by atoms with van der Waals surface area (Å²) < 4.78 is 2.12. The highest BCUT2D eigenvalue weighted by Crippen LogP contribution is 2.18. The second-order valence-corrected chi connectivity index (χ2v) is 5.49. The van der Waals surface area contributed by atoms with Gasteiger partial charge in [-0.15, -0.1) is 0 Å². The fourth-order valence-corrected chi connectivity index (χ4v) is 2.47. The molecule has 0 saturated heterocycles. The number of aryl methyl sites for hydroxylation is 2. The standard InChI is InChI=1S/C16H21N5S/c1-5-17-16(22)20-19-10-14-9-12(3)21(13(14)4)15-8-11(2)6-7-18-15/h6-10H,5H2,1-4H3,(H2,17,20,22)/b19-10-. The highest BCUT2D eigenvalue weighted by atomic mass is 32.1. The summed E-state index contributed by atoms with van der Waals surface area (Å²) in [5.74, 6) is 0.922. The van der Waals surface area contributed by atoms with Crippen LogP contribution < -0.4 is 10.7 Å². The first kappa shape index (κ1) is 16.2. The maximum absolute atomic E-state index is 5.07. The second kappa shape index (κ2) is 7.17. The first-order valence-electron chi connectivity index (χ1n) is 7.21. The van der Waals surface area contributed by atoms with Crippen LogP contribution in [0.1, 0.15) is 29.4 Å². The van der Waals surface area contributed by atoms with Crippen molar-refractivity contribution in [2.75, 3.05) is 6.54 Å². The van der Waals surface area contributed by atoms with Gasteiger partial charge in [-0.1, -0.05) is 0 Å². The number of hydrogen-bond donors (Lipinski definition) is 2. The van der Waals surface area contributed by atoms with Gasteiger partial charge in [0.15, 0.2) is 5.11 Å². The van der Waals surface area contributed by atoms with Gasteiger partial charge >= 0.3 is 0 Å². The molecule has 2 N–H and O–H groups in total. The number of nitrogens with one attached hydrogen (secondary N) is 2. The molecule has 22 heavy (non-hydrogen) atoms. The van der Waals surface area contributed by atoms with Crippen LogP contribution >= 0.6 is 12.2 Å². The van der Waals surface area contributed by atoms with Crippen LogP contribution in [0.25, 0.3) is 5.82 Å². The Morgan fingerprint density at radius 3 is 2.82 bits per heavy atom. The Balaban J connectivity index is 2.24. The van der Waals surface area contributed by atoms with Gasteiger partial charge in [0.05, 0.1) is 6.21 Å². The lowest BCUT2D eigenvalue weighted by molar-refractivity contribution is 0.902. The van der Waals surface area contributed by atoms with Crippen LogP contribution in [0.4, 0.5) is 0 Å². The molecule has 0 spiro atoms. The zero-order valence-corrected chi connectivity index (χ0v) is 14.2. The van der Waals surface area contributed by atoms with E-state index in [1.807, 2.05) is 19.2 Å². The third-order valence-corrected chi connectivity index (χ3v) is 3.54. The molecule has 0 radical (unpaired) electrons. The molecular formula is C16H21N5S. The van der Waals surface area contributed by atoms with Gasteiger partial charge in [0.2, 0.25) is 0 Å². The number of hydrogen-bond acceptors (Lipinski definition) is 3. The molecule has 0 aromatic carbocycles. The molecule has 2 heterocycles. The maximum Gasteiger partial charge on any atom is 0.186 e. The summed E-state index contributed by atoms with van der Waals surface area (Å²) in [7, 11) is 0. The summed E-state index contributed by atoms with van der Waals surface area (Å²) in [6.07, 6.45) is 3.60. The van der Waals surface area contributed by atoms with Gasteiger partial charge < -0.3 is 9.88 Å². The Hall–Kier alpha value is -2.21. The van der Waals surface area contributed by atoms with Gasteiger partial charge in [-0.3, -0.25) is 5.43 Å². The van der Waals surface area contributed by atoms with E-state index < -0.39 is 0 Å². The summed E-state index contributed by atoms with van der Waals surface area (Å²) in [6, 6.07) is 6.14. The number of aromatic nitrogens is 2. The van der Waals surface area contributed by atoms with Crippen LogP contribution in [0.3, 0.4) is 0 Å². The molecular weight excluding hydrogens is 294 g/mol. The minimum absolute atomic E-state index is 0.521. The zero-order valence-electron chi connectivity index (χ0n) is 13.3. The monoisotopic (exact) mass is 315 g/mol. The van der Waals surface area contributed by atoms with E-state index >= 15 is 0 Å². The smallest absolute Gasteiger partial charge is 0.186 e. The lowest BCUT2D eigenvalue weighted by Gasteiger charge is -2.09. The summed E-state index contributed by atoms with van der Waals surface area (Å²) in [5.41, 5.74) is 7.23. The molecule has 116 valence electrons. The predicted octanol–water partition coefficient (Wildman–Crippen LogP) is 2.62. The first-order chi connectivity index (χ1) is 10.5. The molecule has 2 rings (SSSR count). The molecule has 5 nitrogen and oxygen atoms in total. The summed E-state index contributed by atoms with van der Waals surface area (Å²) in [5, 5.41) is 7.68. The van der Waals surface area contributed by atoms with Crippen LogP contribution in [0.15, 0.2) is 29.5 Å². The van der Waals surface area contributed by atoms with E-state index in [4.69, 9.17) is 12.2 Å². The van der Waals surface area contributed by atoms with Gasteiger partial charge in [-0.25, -0.2) is 4.98 Å². The molecule has 2 aromatic heterocycles. The predicted molar refractivity (Wildman–Crippen MR) is 94.8 cm³/mol. The Morgan fingerprint density at radius 2 is 2.14 bits per heavy atom. The van der Waals surface area contributed by atoms with E-state index in [0.717, 1.165) is 29.3 Å². The van der Waals surface area contributed by atoms with Crippen LogP contribution in [0.5, 0.6) is 0 Å². The quantitative estimate of drug-likeness (QED) is 0.517. The third kappa shape index (κ3) is 3.71. The van der Waals surface area contributed by atoms with E-state index in [9.17, 15) is 0 Å². The van der Waals surface area contributed by atoms with Crippen LogP contribution in [0.2, 0.25) is 0 Å². The van der Waals surface area contributed by atoms with Crippen molar-refractivity contribution in [3.63, 3.8) is 0 Å². The number of rotatable bonds is 4. The molecule has 0 atom stereocenters. The number of hydrazone groups is 1. The fourth-order valence-electron chi connectivity index (χ4n) is 2.27. The van der Waals surface area contributed by atoms with Crippen molar-refractivity contribution < 1.29 is 0 Å². The third-order valence-electron chi connectivity index (χ3n) is 3.31.